The van der Waals surface area contributed by atoms with Gasteiger partial charge < -0.3 is 5.32 Å². The van der Waals surface area contributed by atoms with Gasteiger partial charge in [0.25, 0.3) is 5.91 Å². The van der Waals surface area contributed by atoms with Crippen LogP contribution in [0, 0.1) is 0 Å². The van der Waals surface area contributed by atoms with Crippen molar-refractivity contribution >= 4 is 29.0 Å². The van der Waals surface area contributed by atoms with E-state index >= 15 is 0 Å². The van der Waals surface area contributed by atoms with Crippen molar-refractivity contribution in [2.24, 2.45) is 0 Å². The molecule has 0 aliphatic carbocycles. The lowest BCUT2D eigenvalue weighted by atomic mass is 10.1. The maximum absolute atomic E-state index is 13.1. The van der Waals surface area contributed by atoms with Gasteiger partial charge in [0.05, 0.1) is 16.3 Å². The van der Waals surface area contributed by atoms with E-state index in [1.54, 1.807) is 29.3 Å². The number of hydrogen-bond donors (Lipinski definition) is 1. The molecular weight excluding hydrogens is 324 g/mol. The van der Waals surface area contributed by atoms with Crippen molar-refractivity contribution in [2.45, 2.75) is 6.17 Å². The van der Waals surface area contributed by atoms with Gasteiger partial charge >= 0.3 is 0 Å². The number of carbonyl (C=O) groups is 1. The van der Waals surface area contributed by atoms with Crippen molar-refractivity contribution in [3.63, 3.8) is 0 Å². The smallest absolute Gasteiger partial charge is 0.263 e. The van der Waals surface area contributed by atoms with Gasteiger partial charge in [0.2, 0.25) is 0 Å². The molecule has 2 aromatic heterocycles. The molecular formula is C18H13ClN4O. The van der Waals surface area contributed by atoms with Gasteiger partial charge in [-0.25, -0.2) is 4.98 Å². The Morgan fingerprint density at radius 2 is 1.83 bits per heavy atom. The number of nitrogens with one attached hydrogen (secondary N) is 1. The lowest BCUT2D eigenvalue weighted by Crippen LogP contribution is -2.43. The predicted octanol–water partition coefficient (Wildman–Crippen LogP) is 3.90. The number of halogens is 1. The summed E-state index contributed by atoms with van der Waals surface area (Å²) in [4.78, 5) is 23.4. The lowest BCUT2D eigenvalue weighted by molar-refractivity contribution is 0.0973. The molecule has 118 valence electrons. The molecule has 3 heterocycles. The fourth-order valence-corrected chi connectivity index (χ4v) is 2.86. The highest BCUT2D eigenvalue weighted by Gasteiger charge is 2.35. The minimum Gasteiger partial charge on any atom is -0.359 e. The Morgan fingerprint density at radius 1 is 1.00 bits per heavy atom. The standard InChI is InChI=1S/C18H13ClN4O/c19-12-8-9-16(21-11-12)23-17(15-7-3-4-10-20-15)22-14-6-2-1-5-13(14)18(23)24/h1-11,17,22H. The molecule has 0 bridgehead atoms. The number of nitrogens with zero attached hydrogens (tertiary/aromatic N) is 3. The van der Waals surface area contributed by atoms with Gasteiger partial charge in [-0.3, -0.25) is 14.7 Å². The zero-order valence-electron chi connectivity index (χ0n) is 12.6. The Balaban J connectivity index is 1.86. The van der Waals surface area contributed by atoms with Crippen LogP contribution < -0.4 is 10.2 Å². The molecule has 6 heteroatoms. The van der Waals surface area contributed by atoms with Gasteiger partial charge in [-0.05, 0) is 36.4 Å². The van der Waals surface area contributed by atoms with Crippen LogP contribution in [0.5, 0.6) is 0 Å². The molecule has 0 saturated carbocycles. The summed E-state index contributed by atoms with van der Waals surface area (Å²) in [7, 11) is 0. The molecule has 0 radical (unpaired) electrons. The average Bonchev–Trinajstić information content (AvgIpc) is 2.63. The van der Waals surface area contributed by atoms with Crippen molar-refractivity contribution in [3.05, 3.63) is 83.3 Å². The van der Waals surface area contributed by atoms with E-state index in [-0.39, 0.29) is 5.91 Å². The normalized spacial score (nSPS) is 16.5. The summed E-state index contributed by atoms with van der Waals surface area (Å²) in [6.45, 7) is 0. The third kappa shape index (κ3) is 2.49. The van der Waals surface area contributed by atoms with Crippen molar-refractivity contribution < 1.29 is 4.79 Å². The molecule has 0 fully saturated rings. The number of fused-ring (bicyclic) bond motifs is 1. The van der Waals surface area contributed by atoms with Crippen LogP contribution in [0.1, 0.15) is 22.2 Å². The summed E-state index contributed by atoms with van der Waals surface area (Å²) in [6.07, 6.45) is 2.79. The molecule has 4 rings (SSSR count). The van der Waals surface area contributed by atoms with Gasteiger partial charge in [0.15, 0.2) is 6.17 Å². The van der Waals surface area contributed by atoms with Gasteiger partial charge in [-0.2, -0.15) is 0 Å². The fourth-order valence-electron chi connectivity index (χ4n) is 2.75. The molecule has 5 nitrogen and oxygen atoms in total. The second-order valence-electron chi connectivity index (χ2n) is 5.36. The molecule has 1 aromatic carbocycles. The van der Waals surface area contributed by atoms with Gasteiger partial charge in [0, 0.05) is 18.1 Å². The lowest BCUT2D eigenvalue weighted by Gasteiger charge is -2.36. The fraction of sp³-hybridized carbons (Fsp3) is 0.0556. The molecule has 1 amide bonds. The predicted molar refractivity (Wildman–Crippen MR) is 93.1 cm³/mol. The van der Waals surface area contributed by atoms with Gasteiger partial charge in [-0.15, -0.1) is 0 Å². The van der Waals surface area contributed by atoms with Gasteiger partial charge in [0.1, 0.15) is 5.82 Å². The number of rotatable bonds is 2. The molecule has 1 atom stereocenters. The third-order valence-electron chi connectivity index (χ3n) is 3.85. The van der Waals surface area contributed by atoms with Crippen molar-refractivity contribution in [1.82, 2.24) is 9.97 Å². The number of amides is 1. The number of pyridine rings is 2. The summed E-state index contributed by atoms with van der Waals surface area (Å²) in [5.74, 6) is 0.386. The van der Waals surface area contributed by atoms with Gasteiger partial charge in [-0.1, -0.05) is 29.8 Å². The number of benzene rings is 1. The maximum Gasteiger partial charge on any atom is 0.263 e. The van der Waals surface area contributed by atoms with Crippen LogP contribution >= 0.6 is 11.6 Å². The minimum atomic E-state index is -0.442. The second kappa shape index (κ2) is 5.94. The Morgan fingerprint density at radius 3 is 2.58 bits per heavy atom. The van der Waals surface area contributed by atoms with E-state index in [9.17, 15) is 4.79 Å². The number of hydrogen-bond acceptors (Lipinski definition) is 4. The minimum absolute atomic E-state index is 0.130. The number of aromatic nitrogens is 2. The molecule has 1 N–H and O–H groups in total. The number of anilines is 2. The average molecular weight is 337 g/mol. The summed E-state index contributed by atoms with van der Waals surface area (Å²) < 4.78 is 0. The van der Waals surface area contributed by atoms with E-state index in [0.29, 0.717) is 16.4 Å². The van der Waals surface area contributed by atoms with E-state index in [0.717, 1.165) is 11.4 Å². The van der Waals surface area contributed by atoms with E-state index in [4.69, 9.17) is 11.6 Å². The molecule has 3 aromatic rings. The maximum atomic E-state index is 13.1. The van der Waals surface area contributed by atoms with Crippen LogP contribution in [0.4, 0.5) is 11.5 Å². The first-order valence-electron chi connectivity index (χ1n) is 7.45. The van der Waals surface area contributed by atoms with Crippen LogP contribution in [0.15, 0.2) is 67.0 Å². The highest BCUT2D eigenvalue weighted by Crippen LogP contribution is 2.35. The van der Waals surface area contributed by atoms with Crippen LogP contribution in [0.25, 0.3) is 0 Å². The Labute approximate surface area is 143 Å². The number of para-hydroxylation sites is 1. The van der Waals surface area contributed by atoms with Crippen molar-refractivity contribution in [1.29, 1.82) is 0 Å². The zero-order chi connectivity index (χ0) is 16.5. The molecule has 1 aliphatic rings. The van der Waals surface area contributed by atoms with Crippen molar-refractivity contribution in [2.75, 3.05) is 10.2 Å². The van der Waals surface area contributed by atoms with E-state index in [1.807, 2.05) is 36.4 Å². The molecule has 1 aliphatic heterocycles. The van der Waals surface area contributed by atoms with Crippen LogP contribution in [-0.4, -0.2) is 15.9 Å². The summed E-state index contributed by atoms with van der Waals surface area (Å²) in [5, 5.41) is 3.90. The first-order valence-corrected chi connectivity index (χ1v) is 7.83. The quantitative estimate of drug-likeness (QED) is 0.771. The van der Waals surface area contributed by atoms with Crippen LogP contribution in [0.3, 0.4) is 0 Å². The summed E-state index contributed by atoms with van der Waals surface area (Å²) in [6, 6.07) is 16.5. The summed E-state index contributed by atoms with van der Waals surface area (Å²) in [5.41, 5.74) is 2.11. The first kappa shape index (κ1) is 14.7. The van der Waals surface area contributed by atoms with E-state index in [1.165, 1.54) is 6.20 Å². The SMILES string of the molecule is O=C1c2ccccc2NC(c2ccccn2)N1c1ccc(Cl)cn1. The monoisotopic (exact) mass is 336 g/mol. The Hall–Kier alpha value is -2.92. The topological polar surface area (TPSA) is 58.1 Å². The summed E-state index contributed by atoms with van der Waals surface area (Å²) >= 11 is 5.93. The largest absolute Gasteiger partial charge is 0.359 e. The Kier molecular flexibility index (Phi) is 3.63. The molecule has 1 unspecified atom stereocenters. The van der Waals surface area contributed by atoms with Crippen molar-refractivity contribution in [3.8, 4) is 0 Å². The zero-order valence-corrected chi connectivity index (χ0v) is 13.3. The van der Waals surface area contributed by atoms with Crippen LogP contribution in [-0.2, 0) is 0 Å². The first-order chi connectivity index (χ1) is 11.7. The second-order valence-corrected chi connectivity index (χ2v) is 5.79. The molecule has 0 spiro atoms. The number of carbonyl (C=O) groups excluding carboxylic acids is 1. The van der Waals surface area contributed by atoms with E-state index < -0.39 is 6.17 Å². The molecule has 24 heavy (non-hydrogen) atoms. The Bertz CT molecular complexity index is 883. The van der Waals surface area contributed by atoms with Crippen LogP contribution in [0.2, 0.25) is 5.02 Å². The highest BCUT2D eigenvalue weighted by molar-refractivity contribution is 6.30. The molecule has 0 saturated heterocycles. The van der Waals surface area contributed by atoms with E-state index in [2.05, 4.69) is 15.3 Å². The highest BCUT2D eigenvalue weighted by atomic mass is 35.5. The third-order valence-corrected chi connectivity index (χ3v) is 4.08.